The number of carbonyl (C=O) groups is 3. The van der Waals surface area contributed by atoms with Crippen molar-refractivity contribution in [2.75, 3.05) is 25.5 Å². The van der Waals surface area contributed by atoms with Gasteiger partial charge in [-0.05, 0) is 75.5 Å². The second-order valence-electron chi connectivity index (χ2n) is 12.9. The minimum Gasteiger partial charge on any atom is -0.359 e. The molecule has 3 amide bonds. The summed E-state index contributed by atoms with van der Waals surface area (Å²) in [5.74, 6) is -2.01. The Kier molecular flexibility index (Phi) is 8.42. The molecule has 2 aromatic rings. The molecule has 1 spiro atoms. The van der Waals surface area contributed by atoms with Crippen LogP contribution in [0.4, 0.5) is 5.69 Å². The van der Waals surface area contributed by atoms with E-state index in [1.54, 1.807) is 4.90 Å². The van der Waals surface area contributed by atoms with Crippen molar-refractivity contribution in [3.63, 3.8) is 0 Å². The summed E-state index contributed by atoms with van der Waals surface area (Å²) in [4.78, 5) is 46.0. The summed E-state index contributed by atoms with van der Waals surface area (Å²) in [5.41, 5.74) is 3.02. The molecule has 2 aromatic carbocycles. The molecule has 8 heteroatoms. The van der Waals surface area contributed by atoms with Gasteiger partial charge in [-0.3, -0.25) is 14.4 Å². The fourth-order valence-electron chi connectivity index (χ4n) is 7.56. The summed E-state index contributed by atoms with van der Waals surface area (Å²) in [7, 11) is 2.07. The van der Waals surface area contributed by atoms with Gasteiger partial charge in [-0.1, -0.05) is 67.8 Å². The lowest BCUT2D eigenvalue weighted by Gasteiger charge is -2.34. The summed E-state index contributed by atoms with van der Waals surface area (Å²) < 4.78 is 6.52. The number of anilines is 1. The Balaban J connectivity index is 1.21. The third kappa shape index (κ3) is 5.75. The van der Waals surface area contributed by atoms with E-state index in [0.717, 1.165) is 49.9 Å². The van der Waals surface area contributed by atoms with Gasteiger partial charge in [0, 0.05) is 24.8 Å². The molecule has 3 aliphatic heterocycles. The maximum absolute atomic E-state index is 14.2. The highest BCUT2D eigenvalue weighted by Gasteiger charge is 2.72. The molecule has 2 saturated heterocycles. The van der Waals surface area contributed by atoms with Crippen molar-refractivity contribution in [2.45, 2.75) is 82.7 Å². The van der Waals surface area contributed by atoms with E-state index < -0.39 is 29.6 Å². The Labute approximate surface area is 254 Å². The first kappa shape index (κ1) is 29.6. The smallest absolute Gasteiger partial charge is 0.246 e. The number of ether oxygens (including phenoxy) is 1. The predicted octanol–water partition coefficient (Wildman–Crippen LogP) is 4.36. The zero-order valence-electron chi connectivity index (χ0n) is 25.6. The number of fused-ring (bicyclic) bond motifs is 1. The normalized spacial score (nSPS) is 28.0. The van der Waals surface area contributed by atoms with Crippen molar-refractivity contribution >= 4 is 23.4 Å². The SMILES string of the molecule is Cc1ccc(NC(=O)[C@H]2[C@H]3C=C[C@@]4(O3)[C@H]2C(=O)N(CCCN(C)Cc2ccccc2)[C@@H]4C(=O)NC2CCCCC2)cc1C. The summed E-state index contributed by atoms with van der Waals surface area (Å²) in [6, 6.07) is 15.4. The van der Waals surface area contributed by atoms with E-state index in [1.807, 2.05) is 62.4 Å². The minimum atomic E-state index is -1.14. The van der Waals surface area contributed by atoms with Crippen molar-refractivity contribution < 1.29 is 19.1 Å². The molecule has 1 saturated carbocycles. The monoisotopic (exact) mass is 584 g/mol. The Bertz CT molecular complexity index is 1390. The topological polar surface area (TPSA) is 91.0 Å². The van der Waals surface area contributed by atoms with Crippen molar-refractivity contribution in [1.29, 1.82) is 0 Å². The van der Waals surface area contributed by atoms with Crippen LogP contribution in [0.25, 0.3) is 0 Å². The van der Waals surface area contributed by atoms with E-state index in [0.29, 0.717) is 18.7 Å². The quantitative estimate of drug-likeness (QED) is 0.405. The molecule has 228 valence electrons. The lowest BCUT2D eigenvalue weighted by molar-refractivity contribution is -0.141. The standard InChI is InChI=1S/C35H44N4O4/c1-23-15-16-27(21-24(23)2)37-32(40)29-28-17-18-35(43-28)30(29)34(42)39(31(35)33(41)36-26-13-8-5-9-14-26)20-10-19-38(3)22-25-11-6-4-7-12-25/h4,6-7,11-12,15-18,21,26,28-31H,5,8-10,13-14,19-20,22H2,1-3H3,(H,36,41)(H,37,40)/t28-,29+,30-,31-,35-/m1/s1. The number of carbonyl (C=O) groups excluding carboxylic acids is 3. The number of likely N-dealkylation sites (tertiary alicyclic amines) is 1. The van der Waals surface area contributed by atoms with Gasteiger partial charge in [0.05, 0.1) is 17.9 Å². The highest BCUT2D eigenvalue weighted by molar-refractivity contribution is 6.02. The van der Waals surface area contributed by atoms with Crippen molar-refractivity contribution in [1.82, 2.24) is 15.1 Å². The van der Waals surface area contributed by atoms with Crippen LogP contribution in [-0.2, 0) is 25.7 Å². The lowest BCUT2D eigenvalue weighted by Crippen LogP contribution is -2.56. The molecule has 43 heavy (non-hydrogen) atoms. The Morgan fingerprint density at radius 2 is 1.79 bits per heavy atom. The van der Waals surface area contributed by atoms with Crippen LogP contribution < -0.4 is 10.6 Å². The first-order chi connectivity index (χ1) is 20.8. The fraction of sp³-hybridized carbons (Fsp3) is 0.514. The molecule has 0 unspecified atom stereocenters. The molecule has 0 aromatic heterocycles. The molecule has 0 radical (unpaired) electrons. The Hall–Kier alpha value is -3.49. The Morgan fingerprint density at radius 1 is 1.02 bits per heavy atom. The molecule has 8 nitrogen and oxygen atoms in total. The van der Waals surface area contributed by atoms with Crippen LogP contribution in [0.15, 0.2) is 60.7 Å². The second-order valence-corrected chi connectivity index (χ2v) is 12.9. The molecule has 1 aliphatic carbocycles. The van der Waals surface area contributed by atoms with Gasteiger partial charge in [0.2, 0.25) is 17.7 Å². The third-order valence-electron chi connectivity index (χ3n) is 9.89. The van der Waals surface area contributed by atoms with Crippen LogP contribution in [0.5, 0.6) is 0 Å². The highest BCUT2D eigenvalue weighted by Crippen LogP contribution is 2.55. The van der Waals surface area contributed by atoms with E-state index in [4.69, 9.17) is 4.74 Å². The van der Waals surface area contributed by atoms with Crippen LogP contribution in [0, 0.1) is 25.7 Å². The molecular weight excluding hydrogens is 540 g/mol. The molecular formula is C35H44N4O4. The van der Waals surface area contributed by atoms with Gasteiger partial charge >= 0.3 is 0 Å². The number of hydrogen-bond acceptors (Lipinski definition) is 5. The largest absolute Gasteiger partial charge is 0.359 e. The number of aryl methyl sites for hydroxylation is 2. The average Bonchev–Trinajstić information content (AvgIpc) is 3.63. The maximum atomic E-state index is 14.2. The lowest BCUT2D eigenvalue weighted by atomic mass is 9.74. The number of nitrogens with one attached hydrogen (secondary N) is 2. The average molecular weight is 585 g/mol. The van der Waals surface area contributed by atoms with Gasteiger partial charge in [0.25, 0.3) is 0 Å². The number of nitrogens with zero attached hydrogens (tertiary/aromatic N) is 2. The minimum absolute atomic E-state index is 0.108. The van der Waals surface area contributed by atoms with Gasteiger partial charge in [-0.15, -0.1) is 0 Å². The van der Waals surface area contributed by atoms with Gasteiger partial charge < -0.3 is 25.2 Å². The molecule has 6 rings (SSSR count). The summed E-state index contributed by atoms with van der Waals surface area (Å²) in [6.45, 7) is 6.04. The molecule has 4 aliphatic rings. The van der Waals surface area contributed by atoms with Crippen molar-refractivity contribution in [3.8, 4) is 0 Å². The highest BCUT2D eigenvalue weighted by atomic mass is 16.5. The van der Waals surface area contributed by atoms with Gasteiger partial charge in [0.15, 0.2) is 0 Å². The summed E-state index contributed by atoms with van der Waals surface area (Å²) in [6.07, 6.45) is 9.23. The molecule has 3 heterocycles. The van der Waals surface area contributed by atoms with Gasteiger partial charge in [-0.25, -0.2) is 0 Å². The van der Waals surface area contributed by atoms with Gasteiger partial charge in [0.1, 0.15) is 11.6 Å². The molecule has 2 N–H and O–H groups in total. The number of benzene rings is 2. The molecule has 5 atom stereocenters. The summed E-state index contributed by atoms with van der Waals surface area (Å²) in [5, 5.41) is 6.31. The van der Waals surface area contributed by atoms with Crippen molar-refractivity contribution in [3.05, 3.63) is 77.4 Å². The third-order valence-corrected chi connectivity index (χ3v) is 9.89. The van der Waals surface area contributed by atoms with E-state index in [2.05, 4.69) is 34.7 Å². The summed E-state index contributed by atoms with van der Waals surface area (Å²) >= 11 is 0. The van der Waals surface area contributed by atoms with E-state index >= 15 is 0 Å². The first-order valence-electron chi connectivity index (χ1n) is 15.9. The zero-order chi connectivity index (χ0) is 30.1. The van der Waals surface area contributed by atoms with Crippen LogP contribution in [0.3, 0.4) is 0 Å². The van der Waals surface area contributed by atoms with Crippen LogP contribution in [0.1, 0.15) is 55.2 Å². The molecule has 2 bridgehead atoms. The number of hydrogen-bond donors (Lipinski definition) is 2. The maximum Gasteiger partial charge on any atom is 0.246 e. The van der Waals surface area contributed by atoms with Crippen LogP contribution in [-0.4, -0.2) is 71.4 Å². The first-order valence-corrected chi connectivity index (χ1v) is 15.9. The number of rotatable bonds is 10. The number of amides is 3. The Morgan fingerprint density at radius 3 is 2.53 bits per heavy atom. The fourth-order valence-corrected chi connectivity index (χ4v) is 7.56. The van der Waals surface area contributed by atoms with Crippen LogP contribution in [0.2, 0.25) is 0 Å². The molecule has 3 fully saturated rings. The zero-order valence-corrected chi connectivity index (χ0v) is 25.6. The second kappa shape index (κ2) is 12.2. The van der Waals surface area contributed by atoms with Crippen molar-refractivity contribution in [2.24, 2.45) is 11.8 Å². The predicted molar refractivity (Wildman–Crippen MR) is 166 cm³/mol. The van der Waals surface area contributed by atoms with Gasteiger partial charge in [-0.2, -0.15) is 0 Å². The van der Waals surface area contributed by atoms with Crippen LogP contribution >= 0.6 is 0 Å². The van der Waals surface area contributed by atoms with E-state index in [9.17, 15) is 14.4 Å². The van der Waals surface area contributed by atoms with E-state index in [-0.39, 0.29) is 23.8 Å². The van der Waals surface area contributed by atoms with E-state index in [1.165, 1.54) is 12.0 Å².